The van der Waals surface area contributed by atoms with Gasteiger partial charge in [-0.3, -0.25) is 5.01 Å². The number of hydrogen-bond donors (Lipinski definition) is 5. The van der Waals surface area contributed by atoms with E-state index in [9.17, 15) is 15.3 Å². The van der Waals surface area contributed by atoms with E-state index in [1.165, 1.54) is 23.3 Å². The van der Waals surface area contributed by atoms with Crippen molar-refractivity contribution in [3.8, 4) is 22.6 Å². The molecule has 33 heavy (non-hydrogen) atoms. The number of aromatic amines is 1. The Balaban J connectivity index is 1.28. The summed E-state index contributed by atoms with van der Waals surface area (Å²) in [5.41, 5.74) is 7.44. The Hall–Kier alpha value is -3.88. The number of aromatic nitrogens is 2. The van der Waals surface area contributed by atoms with Gasteiger partial charge >= 0.3 is 0 Å². The molecule has 0 saturated heterocycles. The SMILES string of the molecule is CN1N=C(c2ccc(-c3ccc(O)c(O)c3)cc2)C(O)C1c1nc2cc3c(cc2[nH]1)CNC3. The Morgan fingerprint density at radius 2 is 1.58 bits per heavy atom. The maximum Gasteiger partial charge on any atom is 0.158 e. The lowest BCUT2D eigenvalue weighted by molar-refractivity contribution is 0.134. The number of phenolic OH excluding ortho intramolecular Hbond substituents is 2. The second-order valence-electron chi connectivity index (χ2n) is 8.59. The fourth-order valence-electron chi connectivity index (χ4n) is 4.70. The lowest BCUT2D eigenvalue weighted by atomic mass is 9.97. The molecular weight excluding hydrogens is 418 g/mol. The molecule has 0 radical (unpaired) electrons. The summed E-state index contributed by atoms with van der Waals surface area (Å²) in [4.78, 5) is 8.15. The van der Waals surface area contributed by atoms with Gasteiger partial charge in [-0.1, -0.05) is 30.3 Å². The van der Waals surface area contributed by atoms with Crippen LogP contribution in [0.3, 0.4) is 0 Å². The van der Waals surface area contributed by atoms with Gasteiger partial charge < -0.3 is 25.6 Å². The molecule has 3 aromatic carbocycles. The lowest BCUT2D eigenvalue weighted by Gasteiger charge is -2.19. The maximum atomic E-state index is 11.2. The van der Waals surface area contributed by atoms with E-state index in [0.29, 0.717) is 11.5 Å². The molecule has 0 aliphatic carbocycles. The molecule has 2 aliphatic rings. The molecule has 0 bridgehead atoms. The summed E-state index contributed by atoms with van der Waals surface area (Å²) in [7, 11) is 1.84. The molecule has 166 valence electrons. The molecule has 2 aliphatic heterocycles. The van der Waals surface area contributed by atoms with Crippen LogP contribution >= 0.6 is 0 Å². The Bertz CT molecular complexity index is 1370. The van der Waals surface area contributed by atoms with Crippen LogP contribution in [0.4, 0.5) is 0 Å². The molecule has 0 spiro atoms. The van der Waals surface area contributed by atoms with Crippen molar-refractivity contribution < 1.29 is 15.3 Å². The van der Waals surface area contributed by atoms with Gasteiger partial charge in [0.1, 0.15) is 18.0 Å². The number of phenols is 2. The number of benzene rings is 3. The van der Waals surface area contributed by atoms with Crippen LogP contribution in [-0.2, 0) is 13.1 Å². The summed E-state index contributed by atoms with van der Waals surface area (Å²) >= 11 is 0. The fourth-order valence-corrected chi connectivity index (χ4v) is 4.70. The summed E-state index contributed by atoms with van der Waals surface area (Å²) in [6.45, 7) is 1.71. The lowest BCUT2D eigenvalue weighted by Crippen LogP contribution is -2.29. The van der Waals surface area contributed by atoms with Crippen molar-refractivity contribution in [1.82, 2.24) is 20.3 Å². The highest BCUT2D eigenvalue weighted by atomic mass is 16.3. The zero-order chi connectivity index (χ0) is 22.7. The monoisotopic (exact) mass is 441 g/mol. The number of aromatic hydroxyl groups is 2. The minimum Gasteiger partial charge on any atom is -0.504 e. The zero-order valence-corrected chi connectivity index (χ0v) is 17.9. The molecule has 0 saturated carbocycles. The molecule has 1 aromatic heterocycles. The third-order valence-corrected chi connectivity index (χ3v) is 6.47. The maximum absolute atomic E-state index is 11.2. The first-order valence-electron chi connectivity index (χ1n) is 10.8. The van der Waals surface area contributed by atoms with Crippen LogP contribution in [0.1, 0.15) is 28.6 Å². The topological polar surface area (TPSA) is 117 Å². The van der Waals surface area contributed by atoms with E-state index in [2.05, 4.69) is 27.5 Å². The van der Waals surface area contributed by atoms with E-state index in [-0.39, 0.29) is 11.5 Å². The van der Waals surface area contributed by atoms with E-state index >= 15 is 0 Å². The number of fused-ring (bicyclic) bond motifs is 2. The third kappa shape index (κ3) is 3.23. The normalized spacial score (nSPS) is 19.8. The van der Waals surface area contributed by atoms with Crippen LogP contribution < -0.4 is 5.32 Å². The Morgan fingerprint density at radius 3 is 2.33 bits per heavy atom. The first-order valence-corrected chi connectivity index (χ1v) is 10.8. The minimum absolute atomic E-state index is 0.153. The average Bonchev–Trinajstić information content (AvgIpc) is 3.50. The summed E-state index contributed by atoms with van der Waals surface area (Å²) in [6.07, 6.45) is -0.840. The van der Waals surface area contributed by atoms with Gasteiger partial charge in [0, 0.05) is 25.7 Å². The van der Waals surface area contributed by atoms with Crippen LogP contribution in [0.15, 0.2) is 59.7 Å². The highest BCUT2D eigenvalue weighted by Crippen LogP contribution is 2.34. The molecule has 2 atom stereocenters. The number of H-pyrrole nitrogens is 1. The van der Waals surface area contributed by atoms with E-state index in [1.807, 2.05) is 31.3 Å². The average molecular weight is 441 g/mol. The van der Waals surface area contributed by atoms with Gasteiger partial charge in [-0.15, -0.1) is 0 Å². The molecule has 6 rings (SSSR count). The van der Waals surface area contributed by atoms with Gasteiger partial charge in [0.25, 0.3) is 0 Å². The number of nitrogens with one attached hydrogen (secondary N) is 2. The number of rotatable bonds is 3. The molecule has 0 fully saturated rings. The van der Waals surface area contributed by atoms with E-state index in [0.717, 1.165) is 40.8 Å². The molecule has 2 unspecified atom stereocenters. The summed E-state index contributed by atoms with van der Waals surface area (Å²) in [6, 6.07) is 16.1. The Labute approximate surface area is 189 Å². The quantitative estimate of drug-likeness (QED) is 0.312. The number of likely N-dealkylation sites (N-methyl/N-ethyl adjacent to an activating group) is 1. The van der Waals surface area contributed by atoms with Gasteiger partial charge in [0.2, 0.25) is 0 Å². The second-order valence-corrected chi connectivity index (χ2v) is 8.59. The van der Waals surface area contributed by atoms with Gasteiger partial charge in [0.05, 0.1) is 16.7 Å². The number of hydrogen-bond acceptors (Lipinski definition) is 7. The van der Waals surface area contributed by atoms with E-state index in [4.69, 9.17) is 4.98 Å². The van der Waals surface area contributed by atoms with Gasteiger partial charge in [-0.25, -0.2) is 4.98 Å². The van der Waals surface area contributed by atoms with Crippen molar-refractivity contribution in [2.24, 2.45) is 5.10 Å². The van der Waals surface area contributed by atoms with Crippen molar-refractivity contribution >= 4 is 16.7 Å². The third-order valence-electron chi connectivity index (χ3n) is 6.47. The fraction of sp³-hybridized carbons (Fsp3) is 0.200. The van der Waals surface area contributed by atoms with Crippen LogP contribution in [-0.4, -0.2) is 49.2 Å². The smallest absolute Gasteiger partial charge is 0.158 e. The zero-order valence-electron chi connectivity index (χ0n) is 17.9. The highest BCUT2D eigenvalue weighted by molar-refractivity contribution is 6.05. The van der Waals surface area contributed by atoms with Crippen LogP contribution in [0.2, 0.25) is 0 Å². The first kappa shape index (κ1) is 19.8. The van der Waals surface area contributed by atoms with Crippen LogP contribution in [0, 0.1) is 0 Å². The van der Waals surface area contributed by atoms with Crippen molar-refractivity contribution in [3.05, 3.63) is 77.1 Å². The summed E-state index contributed by atoms with van der Waals surface area (Å²) in [5.74, 6) is 0.371. The number of nitrogens with zero attached hydrogens (tertiary/aromatic N) is 3. The van der Waals surface area contributed by atoms with Crippen molar-refractivity contribution in [2.45, 2.75) is 25.2 Å². The first-order chi connectivity index (χ1) is 16.0. The predicted octanol–water partition coefficient (Wildman–Crippen LogP) is 3.00. The van der Waals surface area contributed by atoms with Crippen LogP contribution in [0.25, 0.3) is 22.2 Å². The Morgan fingerprint density at radius 1 is 0.879 bits per heavy atom. The molecule has 5 N–H and O–H groups in total. The number of aliphatic hydroxyl groups excluding tert-OH is 1. The molecule has 8 nitrogen and oxygen atoms in total. The van der Waals surface area contributed by atoms with Gasteiger partial charge in [-0.05, 0) is 46.5 Å². The standard InChI is InChI=1S/C25H23N5O3/c1-30-23(25-27-18-8-16-11-26-12-17(16)9-19(18)28-25)24(33)22(29-30)14-4-2-13(3-5-14)15-6-7-20(31)21(32)10-15/h2-10,23-24,26,31-33H,11-12H2,1H3,(H,27,28). The Kier molecular flexibility index (Phi) is 4.39. The summed E-state index contributed by atoms with van der Waals surface area (Å²) < 4.78 is 0. The van der Waals surface area contributed by atoms with Crippen molar-refractivity contribution in [3.63, 3.8) is 0 Å². The minimum atomic E-state index is -0.840. The van der Waals surface area contributed by atoms with E-state index in [1.54, 1.807) is 11.1 Å². The molecule has 8 heteroatoms. The van der Waals surface area contributed by atoms with Crippen LogP contribution in [0.5, 0.6) is 11.5 Å². The number of aliphatic hydroxyl groups is 1. The predicted molar refractivity (Wildman–Crippen MR) is 125 cm³/mol. The number of hydrazone groups is 1. The second kappa shape index (κ2) is 7.33. The van der Waals surface area contributed by atoms with Gasteiger partial charge in [0.15, 0.2) is 11.5 Å². The van der Waals surface area contributed by atoms with E-state index < -0.39 is 12.1 Å². The largest absolute Gasteiger partial charge is 0.504 e. The molecular formula is C25H23N5O3. The van der Waals surface area contributed by atoms with Gasteiger partial charge in [-0.2, -0.15) is 5.10 Å². The highest BCUT2D eigenvalue weighted by Gasteiger charge is 2.38. The molecule has 0 amide bonds. The summed E-state index contributed by atoms with van der Waals surface area (Å²) in [5, 5.41) is 40.2. The van der Waals surface area contributed by atoms with Crippen molar-refractivity contribution in [2.75, 3.05) is 7.05 Å². The molecule has 4 aromatic rings. The van der Waals surface area contributed by atoms with Crippen molar-refractivity contribution in [1.29, 1.82) is 0 Å². The molecule has 3 heterocycles. The number of imidazole rings is 1.